The molecule has 1 saturated heterocycles. The van der Waals surface area contributed by atoms with Crippen molar-refractivity contribution in [1.82, 2.24) is 24.9 Å². The first-order chi connectivity index (χ1) is 18.4. The van der Waals surface area contributed by atoms with Gasteiger partial charge in [0.2, 0.25) is 0 Å². The minimum absolute atomic E-state index is 0.0983. The van der Waals surface area contributed by atoms with Crippen molar-refractivity contribution in [3.63, 3.8) is 0 Å². The van der Waals surface area contributed by atoms with E-state index in [2.05, 4.69) is 20.5 Å². The van der Waals surface area contributed by atoms with Crippen molar-refractivity contribution in [1.29, 1.82) is 0 Å². The van der Waals surface area contributed by atoms with Crippen LogP contribution in [-0.4, -0.2) is 88.7 Å². The van der Waals surface area contributed by atoms with Crippen LogP contribution in [0.2, 0.25) is 0 Å². The van der Waals surface area contributed by atoms with Crippen molar-refractivity contribution in [2.75, 3.05) is 38.7 Å². The van der Waals surface area contributed by atoms with E-state index in [1.54, 1.807) is 66.5 Å². The molecular formula is C25H26FN7O5. The molecule has 0 bridgehead atoms. The van der Waals surface area contributed by atoms with E-state index < -0.39 is 18.0 Å². The molecule has 5 rings (SSSR count). The van der Waals surface area contributed by atoms with Crippen molar-refractivity contribution in [2.45, 2.75) is 25.2 Å². The maximum Gasteiger partial charge on any atom is 0.414 e. The largest absolute Gasteiger partial charge is 0.461 e. The lowest BCUT2D eigenvalue weighted by Crippen LogP contribution is -2.27. The highest BCUT2D eigenvalue weighted by Crippen LogP contribution is 2.29. The van der Waals surface area contributed by atoms with Crippen LogP contribution in [0.15, 0.2) is 54.1 Å². The molecule has 4 heterocycles. The molecule has 0 spiro atoms. The van der Waals surface area contributed by atoms with Gasteiger partial charge in [0, 0.05) is 29.9 Å². The number of carbonyl (C=O) groups is 2. The number of anilines is 1. The average molecular weight is 524 g/mol. The van der Waals surface area contributed by atoms with Crippen LogP contribution in [0.1, 0.15) is 12.1 Å². The Morgan fingerprint density at radius 1 is 1.24 bits per heavy atom. The maximum absolute atomic E-state index is 15.1. The molecule has 2 aliphatic rings. The molecule has 2 atom stereocenters. The minimum Gasteiger partial charge on any atom is -0.461 e. The summed E-state index contributed by atoms with van der Waals surface area (Å²) >= 11 is 0. The Kier molecular flexibility index (Phi) is 7.26. The van der Waals surface area contributed by atoms with Gasteiger partial charge in [0.1, 0.15) is 24.2 Å². The summed E-state index contributed by atoms with van der Waals surface area (Å²) in [6, 6.07) is 8.05. The SMILES string of the molecule is CN(C)CC(=O)OCC1CC(c2ccc(-c3ccc(N4C[C@H](Cn5ccnn5)OC4=O)cc3F)cn2)=NO1. The first kappa shape index (κ1) is 25.3. The Balaban J connectivity index is 1.19. The van der Waals surface area contributed by atoms with E-state index in [1.165, 1.54) is 11.0 Å². The Hall–Kier alpha value is -4.39. The summed E-state index contributed by atoms with van der Waals surface area (Å²) < 4.78 is 27.3. The zero-order valence-electron chi connectivity index (χ0n) is 20.9. The van der Waals surface area contributed by atoms with Gasteiger partial charge >= 0.3 is 12.1 Å². The second-order valence-corrected chi connectivity index (χ2v) is 9.23. The van der Waals surface area contributed by atoms with Gasteiger partial charge in [-0.05, 0) is 38.4 Å². The number of pyridine rings is 1. The van der Waals surface area contributed by atoms with E-state index in [1.807, 2.05) is 0 Å². The van der Waals surface area contributed by atoms with Gasteiger partial charge in [0.25, 0.3) is 0 Å². The Morgan fingerprint density at radius 2 is 2.11 bits per heavy atom. The fraction of sp³-hybridized carbons (Fsp3) is 0.360. The lowest BCUT2D eigenvalue weighted by Gasteiger charge is -2.14. The van der Waals surface area contributed by atoms with Crippen LogP contribution in [0.3, 0.4) is 0 Å². The first-order valence-electron chi connectivity index (χ1n) is 12.0. The van der Waals surface area contributed by atoms with Gasteiger partial charge in [-0.3, -0.25) is 19.6 Å². The summed E-state index contributed by atoms with van der Waals surface area (Å²) in [7, 11) is 3.57. The number of aromatic nitrogens is 4. The van der Waals surface area contributed by atoms with Crippen LogP contribution in [-0.2, 0) is 25.7 Å². The smallest absolute Gasteiger partial charge is 0.414 e. The quantitative estimate of drug-likeness (QED) is 0.388. The molecule has 0 aliphatic carbocycles. The fourth-order valence-corrected chi connectivity index (χ4v) is 4.15. The number of cyclic esters (lactones) is 1. The lowest BCUT2D eigenvalue weighted by molar-refractivity contribution is -0.147. The zero-order valence-corrected chi connectivity index (χ0v) is 20.9. The van der Waals surface area contributed by atoms with E-state index in [-0.39, 0.29) is 31.8 Å². The topological polar surface area (TPSA) is 124 Å². The molecule has 0 saturated carbocycles. The van der Waals surface area contributed by atoms with E-state index >= 15 is 4.39 Å². The molecule has 38 heavy (non-hydrogen) atoms. The molecular weight excluding hydrogens is 497 g/mol. The molecule has 198 valence electrons. The third kappa shape index (κ3) is 5.78. The summed E-state index contributed by atoms with van der Waals surface area (Å²) in [5, 5.41) is 11.7. The number of nitrogens with zero attached hydrogens (tertiary/aromatic N) is 7. The number of hydrogen-bond acceptors (Lipinski definition) is 10. The Bertz CT molecular complexity index is 1330. The molecule has 2 aromatic heterocycles. The van der Waals surface area contributed by atoms with Gasteiger partial charge < -0.3 is 14.3 Å². The number of esters is 1. The molecule has 1 amide bonds. The molecule has 0 N–H and O–H groups in total. The van der Waals surface area contributed by atoms with Crippen LogP contribution in [0.25, 0.3) is 11.1 Å². The number of ether oxygens (including phenoxy) is 2. The second-order valence-electron chi connectivity index (χ2n) is 9.23. The Labute approximate surface area is 217 Å². The van der Waals surface area contributed by atoms with Crippen molar-refractivity contribution < 1.29 is 28.3 Å². The zero-order chi connectivity index (χ0) is 26.6. The number of amides is 1. The molecule has 1 unspecified atom stereocenters. The standard InChI is InChI=1S/C25H26FN7O5/c1-31(2)14-24(34)36-15-18-10-23(29-38-18)22-6-3-16(11-27-22)20-5-4-17(9-21(20)26)33-13-19(37-25(33)35)12-32-8-7-28-30-32/h3-9,11,18-19H,10,12-15H2,1-2H3/t18?,19-/m0/s1. The molecule has 2 aliphatic heterocycles. The number of hydrogen-bond donors (Lipinski definition) is 0. The van der Waals surface area contributed by atoms with Gasteiger partial charge in [0.15, 0.2) is 6.10 Å². The van der Waals surface area contributed by atoms with E-state index in [0.29, 0.717) is 41.2 Å². The lowest BCUT2D eigenvalue weighted by atomic mass is 10.0. The van der Waals surface area contributed by atoms with Gasteiger partial charge in [-0.1, -0.05) is 16.4 Å². The average Bonchev–Trinajstić information content (AvgIpc) is 3.65. The monoisotopic (exact) mass is 523 g/mol. The van der Waals surface area contributed by atoms with Gasteiger partial charge in [-0.2, -0.15) is 0 Å². The van der Waals surface area contributed by atoms with E-state index in [0.717, 1.165) is 0 Å². The molecule has 3 aromatic rings. The summed E-state index contributed by atoms with van der Waals surface area (Å²) in [5.41, 5.74) is 2.52. The summed E-state index contributed by atoms with van der Waals surface area (Å²) in [6.45, 7) is 0.919. The molecule has 13 heteroatoms. The van der Waals surface area contributed by atoms with Gasteiger partial charge in [-0.25, -0.2) is 13.9 Å². The van der Waals surface area contributed by atoms with Crippen LogP contribution < -0.4 is 4.90 Å². The maximum atomic E-state index is 15.1. The molecule has 0 radical (unpaired) electrons. The number of benzene rings is 1. The summed E-state index contributed by atoms with van der Waals surface area (Å²) in [5.74, 6) is -0.832. The number of oxime groups is 1. The number of likely N-dealkylation sites (N-methyl/N-ethyl adjacent to an activating group) is 1. The number of halogens is 1. The van der Waals surface area contributed by atoms with Gasteiger partial charge in [0.05, 0.1) is 37.2 Å². The highest BCUT2D eigenvalue weighted by molar-refractivity contribution is 5.99. The van der Waals surface area contributed by atoms with Crippen LogP contribution >= 0.6 is 0 Å². The fourth-order valence-electron chi connectivity index (χ4n) is 4.15. The third-order valence-corrected chi connectivity index (χ3v) is 5.98. The summed E-state index contributed by atoms with van der Waals surface area (Å²) in [4.78, 5) is 37.0. The predicted molar refractivity (Wildman–Crippen MR) is 133 cm³/mol. The predicted octanol–water partition coefficient (Wildman–Crippen LogP) is 2.10. The van der Waals surface area contributed by atoms with Crippen molar-refractivity contribution in [3.05, 3.63) is 60.4 Å². The van der Waals surface area contributed by atoms with Crippen LogP contribution in [0, 0.1) is 5.82 Å². The summed E-state index contributed by atoms with van der Waals surface area (Å²) in [6.07, 6.45) is 3.87. The second kappa shape index (κ2) is 10.9. The first-order valence-corrected chi connectivity index (χ1v) is 12.0. The van der Waals surface area contributed by atoms with E-state index in [9.17, 15) is 9.59 Å². The van der Waals surface area contributed by atoms with Crippen molar-refractivity contribution >= 4 is 23.5 Å². The van der Waals surface area contributed by atoms with Crippen molar-refractivity contribution in [2.24, 2.45) is 5.16 Å². The number of rotatable bonds is 9. The van der Waals surface area contributed by atoms with Crippen LogP contribution in [0.5, 0.6) is 0 Å². The third-order valence-electron chi connectivity index (χ3n) is 5.98. The molecule has 1 aromatic carbocycles. The van der Waals surface area contributed by atoms with Crippen molar-refractivity contribution in [3.8, 4) is 11.1 Å². The highest BCUT2D eigenvalue weighted by atomic mass is 19.1. The molecule has 1 fully saturated rings. The van der Waals surface area contributed by atoms with Gasteiger partial charge in [-0.15, -0.1) is 5.10 Å². The molecule has 12 nitrogen and oxygen atoms in total. The van der Waals surface area contributed by atoms with E-state index in [4.69, 9.17) is 14.3 Å². The minimum atomic E-state index is -0.543. The normalized spacial score (nSPS) is 18.9. The highest BCUT2D eigenvalue weighted by Gasteiger charge is 2.33. The Morgan fingerprint density at radius 3 is 2.82 bits per heavy atom. The number of carbonyl (C=O) groups excluding carboxylic acids is 2. The van der Waals surface area contributed by atoms with Crippen LogP contribution in [0.4, 0.5) is 14.9 Å².